The van der Waals surface area contributed by atoms with Crippen molar-refractivity contribution in [2.45, 2.75) is 32.7 Å². The van der Waals surface area contributed by atoms with Crippen LogP contribution in [0.3, 0.4) is 0 Å². The van der Waals surface area contributed by atoms with Gasteiger partial charge in [-0.25, -0.2) is 4.79 Å². The third-order valence-electron chi connectivity index (χ3n) is 3.66. The molecule has 1 aromatic carbocycles. The molecular weight excluding hydrogens is 364 g/mol. The molecule has 0 aliphatic rings. The molecule has 1 heterocycles. The fourth-order valence-electron chi connectivity index (χ4n) is 2.49. The van der Waals surface area contributed by atoms with Crippen LogP contribution in [0, 0.1) is 13.8 Å². The van der Waals surface area contributed by atoms with Gasteiger partial charge in [-0.1, -0.05) is 39.3 Å². The SMILES string of the molecule is Cc1noc(C)c1C(C)C(=O)NC(C(=O)O)c1ccccc1Br. The molecule has 0 fully saturated rings. The second-order valence-electron chi connectivity index (χ2n) is 5.26. The summed E-state index contributed by atoms with van der Waals surface area (Å²) in [6.45, 7) is 5.17. The van der Waals surface area contributed by atoms with Crippen LogP contribution in [0.25, 0.3) is 0 Å². The van der Waals surface area contributed by atoms with Gasteiger partial charge < -0.3 is 14.9 Å². The van der Waals surface area contributed by atoms with Crippen molar-refractivity contribution in [2.24, 2.45) is 0 Å². The molecule has 0 spiro atoms. The summed E-state index contributed by atoms with van der Waals surface area (Å²) in [5.41, 5.74) is 1.79. The predicted octanol–water partition coefficient (Wildman–Crippen LogP) is 3.10. The Hall–Kier alpha value is -2.15. The van der Waals surface area contributed by atoms with E-state index in [2.05, 4.69) is 26.4 Å². The lowest BCUT2D eigenvalue weighted by Gasteiger charge is -2.19. The molecule has 0 aliphatic heterocycles. The van der Waals surface area contributed by atoms with E-state index in [-0.39, 0.29) is 0 Å². The topological polar surface area (TPSA) is 92.4 Å². The zero-order valence-electron chi connectivity index (χ0n) is 13.0. The molecule has 1 amide bonds. The molecule has 0 saturated carbocycles. The highest BCUT2D eigenvalue weighted by Gasteiger charge is 2.29. The number of aliphatic carboxylic acids is 1. The Balaban J connectivity index is 2.26. The molecule has 2 N–H and O–H groups in total. The highest BCUT2D eigenvalue weighted by molar-refractivity contribution is 9.10. The van der Waals surface area contributed by atoms with Crippen molar-refractivity contribution in [3.05, 3.63) is 51.3 Å². The minimum Gasteiger partial charge on any atom is -0.479 e. The van der Waals surface area contributed by atoms with E-state index in [4.69, 9.17) is 4.52 Å². The van der Waals surface area contributed by atoms with Gasteiger partial charge in [0.2, 0.25) is 5.91 Å². The van der Waals surface area contributed by atoms with Crippen LogP contribution in [-0.4, -0.2) is 22.1 Å². The number of hydrogen-bond donors (Lipinski definition) is 2. The van der Waals surface area contributed by atoms with Gasteiger partial charge in [0.15, 0.2) is 6.04 Å². The maximum absolute atomic E-state index is 12.5. The maximum Gasteiger partial charge on any atom is 0.330 e. The number of carbonyl (C=O) groups excluding carboxylic acids is 1. The van der Waals surface area contributed by atoms with Crippen LogP contribution < -0.4 is 5.32 Å². The van der Waals surface area contributed by atoms with Crippen molar-refractivity contribution in [1.82, 2.24) is 10.5 Å². The normalized spacial score (nSPS) is 13.4. The summed E-state index contributed by atoms with van der Waals surface area (Å²) in [4.78, 5) is 24.1. The molecule has 0 aliphatic carbocycles. The van der Waals surface area contributed by atoms with Gasteiger partial charge in [-0.15, -0.1) is 0 Å². The Kier molecular flexibility index (Phi) is 5.20. The number of benzene rings is 1. The fraction of sp³-hybridized carbons (Fsp3) is 0.312. The van der Waals surface area contributed by atoms with Crippen LogP contribution in [0.15, 0.2) is 33.3 Å². The molecule has 2 atom stereocenters. The molecular formula is C16H17BrN2O4. The van der Waals surface area contributed by atoms with E-state index in [0.29, 0.717) is 27.1 Å². The molecule has 0 saturated heterocycles. The van der Waals surface area contributed by atoms with Gasteiger partial charge in [-0.05, 0) is 32.4 Å². The number of carbonyl (C=O) groups is 2. The second-order valence-corrected chi connectivity index (χ2v) is 6.12. The van der Waals surface area contributed by atoms with Crippen LogP contribution >= 0.6 is 15.9 Å². The van der Waals surface area contributed by atoms with E-state index < -0.39 is 23.8 Å². The van der Waals surface area contributed by atoms with Crippen LogP contribution in [-0.2, 0) is 9.59 Å². The largest absolute Gasteiger partial charge is 0.479 e. The summed E-state index contributed by atoms with van der Waals surface area (Å²) in [6, 6.07) is 5.75. The molecule has 23 heavy (non-hydrogen) atoms. The first-order valence-corrected chi connectivity index (χ1v) is 7.82. The van der Waals surface area contributed by atoms with Gasteiger partial charge in [0.05, 0.1) is 11.6 Å². The van der Waals surface area contributed by atoms with Gasteiger partial charge in [-0.2, -0.15) is 0 Å². The van der Waals surface area contributed by atoms with Gasteiger partial charge in [0.25, 0.3) is 0 Å². The third-order valence-corrected chi connectivity index (χ3v) is 4.39. The Labute approximate surface area is 142 Å². The van der Waals surface area contributed by atoms with E-state index in [1.807, 2.05) is 0 Å². The van der Waals surface area contributed by atoms with Crippen molar-refractivity contribution >= 4 is 27.8 Å². The molecule has 2 unspecified atom stereocenters. The molecule has 1 aromatic heterocycles. The molecule has 0 bridgehead atoms. The highest BCUT2D eigenvalue weighted by Crippen LogP contribution is 2.27. The van der Waals surface area contributed by atoms with Gasteiger partial charge >= 0.3 is 5.97 Å². The van der Waals surface area contributed by atoms with E-state index in [0.717, 1.165) is 0 Å². The van der Waals surface area contributed by atoms with E-state index >= 15 is 0 Å². The predicted molar refractivity (Wildman–Crippen MR) is 87.1 cm³/mol. The Morgan fingerprint density at radius 1 is 1.30 bits per heavy atom. The molecule has 122 valence electrons. The maximum atomic E-state index is 12.5. The quantitative estimate of drug-likeness (QED) is 0.831. The van der Waals surface area contributed by atoms with Crippen molar-refractivity contribution in [2.75, 3.05) is 0 Å². The summed E-state index contributed by atoms with van der Waals surface area (Å²) in [5, 5.41) is 15.9. The number of nitrogens with one attached hydrogen (secondary N) is 1. The Bertz CT molecular complexity index is 722. The number of hydrogen-bond acceptors (Lipinski definition) is 4. The fourth-order valence-corrected chi connectivity index (χ4v) is 3.00. The number of aryl methyl sites for hydroxylation is 2. The standard InChI is InChI=1S/C16H17BrN2O4/c1-8(13-9(2)19-23-10(13)3)15(20)18-14(16(21)22)11-6-4-5-7-12(11)17/h4-8,14H,1-3H3,(H,18,20)(H,21,22). The van der Waals surface area contributed by atoms with Gasteiger partial charge in [0, 0.05) is 10.0 Å². The number of rotatable bonds is 5. The van der Waals surface area contributed by atoms with Crippen molar-refractivity contribution in [3.8, 4) is 0 Å². The van der Waals surface area contributed by atoms with E-state index in [9.17, 15) is 14.7 Å². The van der Waals surface area contributed by atoms with Crippen molar-refractivity contribution < 1.29 is 19.2 Å². The Morgan fingerprint density at radius 2 is 1.96 bits per heavy atom. The molecule has 7 heteroatoms. The van der Waals surface area contributed by atoms with E-state index in [1.54, 1.807) is 45.0 Å². The molecule has 2 rings (SSSR count). The van der Waals surface area contributed by atoms with Crippen LogP contribution in [0.1, 0.15) is 41.5 Å². The minimum atomic E-state index is -1.14. The number of aromatic nitrogens is 1. The summed E-state index contributed by atoms with van der Waals surface area (Å²) >= 11 is 3.31. The van der Waals surface area contributed by atoms with Crippen LogP contribution in [0.4, 0.5) is 0 Å². The zero-order chi connectivity index (χ0) is 17.1. The second kappa shape index (κ2) is 6.95. The summed E-state index contributed by atoms with van der Waals surface area (Å²) in [5.74, 6) is -1.54. The smallest absolute Gasteiger partial charge is 0.330 e. The first-order chi connectivity index (χ1) is 10.8. The lowest BCUT2D eigenvalue weighted by Crippen LogP contribution is -2.36. The third kappa shape index (κ3) is 3.61. The lowest BCUT2D eigenvalue weighted by atomic mass is 9.97. The van der Waals surface area contributed by atoms with Gasteiger partial charge in [0.1, 0.15) is 5.76 Å². The minimum absolute atomic E-state index is 0.400. The number of amides is 1. The first-order valence-electron chi connectivity index (χ1n) is 7.03. The van der Waals surface area contributed by atoms with Crippen molar-refractivity contribution in [1.29, 1.82) is 0 Å². The van der Waals surface area contributed by atoms with Crippen molar-refractivity contribution in [3.63, 3.8) is 0 Å². The van der Waals surface area contributed by atoms with Crippen LogP contribution in [0.5, 0.6) is 0 Å². The summed E-state index contributed by atoms with van der Waals surface area (Å²) < 4.78 is 5.69. The number of carboxylic acids is 1. The average Bonchev–Trinajstić information content (AvgIpc) is 2.83. The average molecular weight is 381 g/mol. The number of carboxylic acid groups (broad SMARTS) is 1. The summed E-state index contributed by atoms with van der Waals surface area (Å²) in [7, 11) is 0. The number of nitrogens with zero attached hydrogens (tertiary/aromatic N) is 1. The molecule has 0 radical (unpaired) electrons. The number of halogens is 1. The Morgan fingerprint density at radius 3 is 2.48 bits per heavy atom. The zero-order valence-corrected chi connectivity index (χ0v) is 14.5. The summed E-state index contributed by atoms with van der Waals surface area (Å²) in [6.07, 6.45) is 0. The molecule has 6 nitrogen and oxygen atoms in total. The molecule has 2 aromatic rings. The van der Waals surface area contributed by atoms with Gasteiger partial charge in [-0.3, -0.25) is 4.79 Å². The van der Waals surface area contributed by atoms with E-state index in [1.165, 1.54) is 0 Å². The monoisotopic (exact) mass is 380 g/mol. The van der Waals surface area contributed by atoms with Crippen LogP contribution in [0.2, 0.25) is 0 Å². The first kappa shape index (κ1) is 17.2. The highest BCUT2D eigenvalue weighted by atomic mass is 79.9. The lowest BCUT2D eigenvalue weighted by molar-refractivity contribution is -0.142.